The average molecular weight is 260 g/mol. The van der Waals surface area contributed by atoms with Crippen LogP contribution in [-0.4, -0.2) is 44.5 Å². The van der Waals surface area contributed by atoms with Crippen molar-refractivity contribution in [1.82, 2.24) is 10.6 Å². The maximum atomic E-state index is 11.4. The molecule has 0 bridgehead atoms. The van der Waals surface area contributed by atoms with Crippen molar-refractivity contribution in [3.8, 4) is 12.3 Å². The molecule has 0 aromatic carbocycles. The Hall–Kier alpha value is -1.06. The van der Waals surface area contributed by atoms with E-state index in [1.54, 1.807) is 20.8 Å². The van der Waals surface area contributed by atoms with E-state index in [9.17, 15) is 13.2 Å². The van der Waals surface area contributed by atoms with Crippen molar-refractivity contribution in [2.24, 2.45) is 0 Å². The van der Waals surface area contributed by atoms with Crippen molar-refractivity contribution in [3.63, 3.8) is 0 Å². The molecule has 0 rings (SSSR count). The average Bonchev–Trinajstić information content (AvgIpc) is 2.20. The minimum absolute atomic E-state index is 0.167. The van der Waals surface area contributed by atoms with E-state index < -0.39 is 20.6 Å². The minimum atomic E-state index is -3.17. The van der Waals surface area contributed by atoms with Crippen molar-refractivity contribution in [2.45, 2.75) is 31.6 Å². The lowest BCUT2D eigenvalue weighted by Crippen LogP contribution is -2.49. The molecule has 1 atom stereocenters. The van der Waals surface area contributed by atoms with Crippen LogP contribution in [0.3, 0.4) is 0 Å². The molecule has 0 saturated carbocycles. The van der Waals surface area contributed by atoms with Gasteiger partial charge in [0.05, 0.1) is 17.3 Å². The van der Waals surface area contributed by atoms with E-state index in [2.05, 4.69) is 16.6 Å². The molecule has 5 nitrogen and oxygen atoms in total. The molecule has 0 spiro atoms. The van der Waals surface area contributed by atoms with Gasteiger partial charge >= 0.3 is 0 Å². The van der Waals surface area contributed by atoms with Gasteiger partial charge in [-0.05, 0) is 20.8 Å². The van der Waals surface area contributed by atoms with Gasteiger partial charge in [-0.1, -0.05) is 5.92 Å². The van der Waals surface area contributed by atoms with Crippen molar-refractivity contribution >= 4 is 15.7 Å². The molecule has 17 heavy (non-hydrogen) atoms. The number of sulfone groups is 1. The molecular weight excluding hydrogens is 240 g/mol. The highest BCUT2D eigenvalue weighted by molar-refractivity contribution is 7.92. The van der Waals surface area contributed by atoms with E-state index in [1.165, 1.54) is 6.26 Å². The summed E-state index contributed by atoms with van der Waals surface area (Å²) in [6.45, 7) is 5.25. The third-order valence-electron chi connectivity index (χ3n) is 2.60. The second kappa shape index (κ2) is 6.03. The largest absolute Gasteiger partial charge is 0.344 e. The summed E-state index contributed by atoms with van der Waals surface area (Å²) in [6.07, 6.45) is 6.19. The van der Waals surface area contributed by atoms with Gasteiger partial charge in [-0.3, -0.25) is 4.79 Å². The highest BCUT2D eigenvalue weighted by Gasteiger charge is 2.30. The van der Waals surface area contributed by atoms with E-state index >= 15 is 0 Å². The predicted octanol–water partition coefficient (Wildman–Crippen LogP) is -0.463. The molecular formula is C11H20N2O3S. The maximum absolute atomic E-state index is 11.4. The van der Waals surface area contributed by atoms with Crippen molar-refractivity contribution in [2.75, 3.05) is 19.3 Å². The molecule has 6 heteroatoms. The maximum Gasteiger partial charge on any atom is 0.237 e. The lowest BCUT2D eigenvalue weighted by Gasteiger charge is -2.24. The van der Waals surface area contributed by atoms with Gasteiger partial charge in [0.25, 0.3) is 0 Å². The Morgan fingerprint density at radius 1 is 1.47 bits per heavy atom. The van der Waals surface area contributed by atoms with Gasteiger partial charge in [-0.25, -0.2) is 8.42 Å². The molecule has 2 N–H and O–H groups in total. The molecule has 0 saturated heterocycles. The van der Waals surface area contributed by atoms with Gasteiger partial charge in [0.2, 0.25) is 5.91 Å². The first kappa shape index (κ1) is 15.9. The zero-order chi connectivity index (χ0) is 13.7. The van der Waals surface area contributed by atoms with Crippen LogP contribution in [0.4, 0.5) is 0 Å². The number of rotatable bonds is 6. The molecule has 0 aromatic rings. The van der Waals surface area contributed by atoms with Crippen LogP contribution in [0.15, 0.2) is 0 Å². The van der Waals surface area contributed by atoms with E-state index in [0.29, 0.717) is 0 Å². The summed E-state index contributed by atoms with van der Waals surface area (Å²) in [5.41, 5.74) is 0. The number of hydrogen-bond donors (Lipinski definition) is 2. The molecule has 0 aromatic heterocycles. The first-order valence-electron chi connectivity index (χ1n) is 5.26. The lowest BCUT2D eigenvalue weighted by molar-refractivity contribution is -0.122. The summed E-state index contributed by atoms with van der Waals surface area (Å²) in [4.78, 5) is 11.4. The Bertz CT molecular complexity index is 407. The van der Waals surface area contributed by atoms with Gasteiger partial charge < -0.3 is 10.6 Å². The summed E-state index contributed by atoms with van der Waals surface area (Å²) in [7, 11) is -3.17. The first-order valence-corrected chi connectivity index (χ1v) is 7.15. The van der Waals surface area contributed by atoms with Crippen LogP contribution in [0.2, 0.25) is 0 Å². The smallest absolute Gasteiger partial charge is 0.237 e. The number of hydrogen-bond acceptors (Lipinski definition) is 4. The third-order valence-corrected chi connectivity index (χ3v) is 4.75. The number of carbonyl (C=O) groups is 1. The quantitative estimate of drug-likeness (QED) is 0.634. The molecule has 0 aliphatic rings. The fraction of sp³-hybridized carbons (Fsp3) is 0.727. The molecule has 0 aliphatic carbocycles. The summed E-state index contributed by atoms with van der Waals surface area (Å²) >= 11 is 0. The second-order valence-corrected chi connectivity index (χ2v) is 7.21. The SMILES string of the molecule is C#CCNC(=O)C(C)NCC(C)(C)S(C)(=O)=O. The monoisotopic (exact) mass is 260 g/mol. The second-order valence-electron chi connectivity index (χ2n) is 4.56. The molecule has 98 valence electrons. The number of carbonyl (C=O) groups excluding carboxylic acids is 1. The van der Waals surface area contributed by atoms with Crippen molar-refractivity contribution in [3.05, 3.63) is 0 Å². The zero-order valence-electron chi connectivity index (χ0n) is 10.7. The van der Waals surface area contributed by atoms with Crippen LogP contribution in [-0.2, 0) is 14.6 Å². The normalized spacial score (nSPS) is 13.8. The van der Waals surface area contributed by atoms with Gasteiger partial charge in [0.1, 0.15) is 0 Å². The number of terminal acetylenes is 1. The summed E-state index contributed by atoms with van der Waals surface area (Å²) in [5.74, 6) is 2.05. The molecule has 0 aliphatic heterocycles. The van der Waals surface area contributed by atoms with Gasteiger partial charge in [0, 0.05) is 12.8 Å². The molecule has 0 radical (unpaired) electrons. The van der Waals surface area contributed by atoms with E-state index in [-0.39, 0.29) is 19.0 Å². The topological polar surface area (TPSA) is 75.3 Å². The fourth-order valence-electron chi connectivity index (χ4n) is 0.914. The van der Waals surface area contributed by atoms with Crippen LogP contribution in [0.25, 0.3) is 0 Å². The van der Waals surface area contributed by atoms with Crippen LogP contribution in [0, 0.1) is 12.3 Å². The lowest BCUT2D eigenvalue weighted by atomic mass is 10.2. The van der Waals surface area contributed by atoms with Gasteiger partial charge in [-0.15, -0.1) is 6.42 Å². The molecule has 0 fully saturated rings. The third kappa shape index (κ3) is 5.20. The standard InChI is InChI=1S/C11H20N2O3S/c1-6-7-12-10(14)9(2)13-8-11(3,4)17(5,15)16/h1,9,13H,7-8H2,2-5H3,(H,12,14). The Balaban J connectivity index is 4.31. The van der Waals surface area contributed by atoms with Crippen LogP contribution in [0.5, 0.6) is 0 Å². The minimum Gasteiger partial charge on any atom is -0.344 e. The van der Waals surface area contributed by atoms with Crippen LogP contribution in [0.1, 0.15) is 20.8 Å². The Morgan fingerprint density at radius 2 is 2.00 bits per heavy atom. The van der Waals surface area contributed by atoms with Gasteiger partial charge in [0.15, 0.2) is 9.84 Å². The van der Waals surface area contributed by atoms with Crippen molar-refractivity contribution in [1.29, 1.82) is 0 Å². The highest BCUT2D eigenvalue weighted by Crippen LogP contribution is 2.13. The van der Waals surface area contributed by atoms with E-state index in [0.717, 1.165) is 0 Å². The van der Waals surface area contributed by atoms with E-state index in [1.807, 2.05) is 0 Å². The van der Waals surface area contributed by atoms with Gasteiger partial charge in [-0.2, -0.15) is 0 Å². The number of nitrogens with one attached hydrogen (secondary N) is 2. The van der Waals surface area contributed by atoms with Crippen LogP contribution >= 0.6 is 0 Å². The summed E-state index contributed by atoms with van der Waals surface area (Å²) < 4.78 is 22.0. The Labute approximate surface area is 103 Å². The zero-order valence-corrected chi connectivity index (χ0v) is 11.5. The fourth-order valence-corrected chi connectivity index (χ4v) is 1.26. The summed E-state index contributed by atoms with van der Waals surface area (Å²) in [5, 5.41) is 5.40. The summed E-state index contributed by atoms with van der Waals surface area (Å²) in [6, 6.07) is -0.482. The van der Waals surface area contributed by atoms with E-state index in [4.69, 9.17) is 6.42 Å². The first-order chi connectivity index (χ1) is 7.62. The Kier molecular flexibility index (Phi) is 5.66. The Morgan fingerprint density at radius 3 is 2.41 bits per heavy atom. The van der Waals surface area contributed by atoms with Crippen molar-refractivity contribution < 1.29 is 13.2 Å². The number of amides is 1. The molecule has 0 heterocycles. The predicted molar refractivity (Wildman–Crippen MR) is 68.2 cm³/mol. The molecule has 1 amide bonds. The molecule has 1 unspecified atom stereocenters. The van der Waals surface area contributed by atoms with Crippen LogP contribution < -0.4 is 10.6 Å². The highest BCUT2D eigenvalue weighted by atomic mass is 32.2.